The van der Waals surface area contributed by atoms with E-state index in [9.17, 15) is 21.6 Å². The monoisotopic (exact) mass is 323 g/mol. The van der Waals surface area contributed by atoms with Gasteiger partial charge in [0.2, 0.25) is 5.95 Å². The lowest BCUT2D eigenvalue weighted by atomic mass is 10.3. The molecule has 1 aromatic rings. The van der Waals surface area contributed by atoms with Crippen LogP contribution in [0.25, 0.3) is 0 Å². The van der Waals surface area contributed by atoms with Crippen LogP contribution in [0.1, 0.15) is 12.0 Å². The molecule has 0 amide bonds. The molecule has 9 heteroatoms. The molecule has 0 spiro atoms. The lowest BCUT2D eigenvalue weighted by Crippen LogP contribution is -2.03. The van der Waals surface area contributed by atoms with Crippen LogP contribution in [0, 0.1) is 5.95 Å². The number of rotatable bonds is 2. The third-order valence-electron chi connectivity index (χ3n) is 1.42. The van der Waals surface area contributed by atoms with E-state index in [1.54, 1.807) is 0 Å². The first-order valence-corrected chi connectivity index (χ1v) is 6.42. The van der Waals surface area contributed by atoms with E-state index < -0.39 is 36.5 Å². The molecule has 3 nitrogen and oxygen atoms in total. The SMILES string of the molecule is O=S(=O)(Cl)c1cc(F)nc(Br)c1C(F)F. The van der Waals surface area contributed by atoms with Crippen LogP contribution in [-0.2, 0) is 9.05 Å². The van der Waals surface area contributed by atoms with Gasteiger partial charge in [-0.2, -0.15) is 4.39 Å². The van der Waals surface area contributed by atoms with E-state index in [2.05, 4.69) is 20.9 Å². The summed E-state index contributed by atoms with van der Waals surface area (Å²) in [6.07, 6.45) is -3.13. The van der Waals surface area contributed by atoms with Crippen LogP contribution in [0.5, 0.6) is 0 Å². The molecule has 0 saturated heterocycles. The zero-order valence-electron chi connectivity index (χ0n) is 6.72. The number of alkyl halides is 2. The first-order chi connectivity index (χ1) is 6.73. The number of hydrogen-bond acceptors (Lipinski definition) is 3. The third kappa shape index (κ3) is 2.82. The predicted molar refractivity (Wildman–Crippen MR) is 49.9 cm³/mol. The van der Waals surface area contributed by atoms with Crippen molar-refractivity contribution in [2.45, 2.75) is 11.3 Å². The quantitative estimate of drug-likeness (QED) is 0.621. The zero-order valence-corrected chi connectivity index (χ0v) is 9.87. The maximum absolute atomic E-state index is 12.7. The molecule has 0 N–H and O–H groups in total. The van der Waals surface area contributed by atoms with Gasteiger partial charge in [-0.05, 0) is 15.9 Å². The Morgan fingerprint density at radius 1 is 1.47 bits per heavy atom. The van der Waals surface area contributed by atoms with E-state index in [1.165, 1.54) is 0 Å². The smallest absolute Gasteiger partial charge is 0.212 e. The van der Waals surface area contributed by atoms with Gasteiger partial charge in [0.25, 0.3) is 15.5 Å². The third-order valence-corrected chi connectivity index (χ3v) is 3.39. The molecule has 0 aliphatic rings. The molecule has 0 bridgehead atoms. The molecule has 0 aliphatic carbocycles. The lowest BCUT2D eigenvalue weighted by Gasteiger charge is -2.07. The second kappa shape index (κ2) is 4.26. The summed E-state index contributed by atoms with van der Waals surface area (Å²) in [6, 6.07) is 0.342. The first-order valence-electron chi connectivity index (χ1n) is 3.32. The van der Waals surface area contributed by atoms with Crippen LogP contribution in [0.3, 0.4) is 0 Å². The van der Waals surface area contributed by atoms with Crippen molar-refractivity contribution in [1.29, 1.82) is 0 Å². The lowest BCUT2D eigenvalue weighted by molar-refractivity contribution is 0.146. The molecule has 0 unspecified atom stereocenters. The minimum atomic E-state index is -4.44. The van der Waals surface area contributed by atoms with Crippen molar-refractivity contribution in [2.75, 3.05) is 0 Å². The van der Waals surface area contributed by atoms with Gasteiger partial charge in [-0.3, -0.25) is 0 Å². The molecule has 0 radical (unpaired) electrons. The van der Waals surface area contributed by atoms with Crippen LogP contribution >= 0.6 is 26.6 Å². The van der Waals surface area contributed by atoms with Crippen molar-refractivity contribution < 1.29 is 21.6 Å². The maximum atomic E-state index is 12.7. The van der Waals surface area contributed by atoms with Crippen LogP contribution in [-0.4, -0.2) is 13.4 Å². The summed E-state index contributed by atoms with van der Waals surface area (Å²) >= 11 is 2.54. The second-order valence-corrected chi connectivity index (χ2v) is 5.67. The summed E-state index contributed by atoms with van der Waals surface area (Å²) in [6.45, 7) is 0. The topological polar surface area (TPSA) is 47.0 Å². The zero-order chi connectivity index (χ0) is 11.8. The van der Waals surface area contributed by atoms with E-state index in [-0.39, 0.29) is 0 Å². The van der Waals surface area contributed by atoms with Crippen LogP contribution in [0.2, 0.25) is 0 Å². The highest BCUT2D eigenvalue weighted by atomic mass is 79.9. The Morgan fingerprint density at radius 2 is 2.00 bits per heavy atom. The first kappa shape index (κ1) is 12.7. The summed E-state index contributed by atoms with van der Waals surface area (Å²) in [5.74, 6) is -1.22. The molecule has 1 aromatic heterocycles. The number of aromatic nitrogens is 1. The van der Waals surface area contributed by atoms with E-state index in [4.69, 9.17) is 10.7 Å². The summed E-state index contributed by atoms with van der Waals surface area (Å²) < 4.78 is 58.7. The Balaban J connectivity index is 3.62. The minimum absolute atomic E-state index is 0.342. The van der Waals surface area contributed by atoms with E-state index in [0.717, 1.165) is 0 Å². The number of pyridine rings is 1. The van der Waals surface area contributed by atoms with Gasteiger partial charge < -0.3 is 0 Å². The summed E-state index contributed by atoms with van der Waals surface area (Å²) in [7, 11) is 0.434. The van der Waals surface area contributed by atoms with Crippen molar-refractivity contribution in [3.63, 3.8) is 0 Å². The molecule has 0 aliphatic heterocycles. The van der Waals surface area contributed by atoms with E-state index >= 15 is 0 Å². The fraction of sp³-hybridized carbons (Fsp3) is 0.167. The van der Waals surface area contributed by atoms with Crippen molar-refractivity contribution >= 4 is 35.7 Å². The summed E-state index contributed by atoms with van der Waals surface area (Å²) in [5, 5.41) is 0. The maximum Gasteiger partial charge on any atom is 0.267 e. The normalized spacial score (nSPS) is 12.1. The predicted octanol–water partition coefficient (Wildman–Crippen LogP) is 2.85. The molecular weight excluding hydrogens is 322 g/mol. The summed E-state index contributed by atoms with van der Waals surface area (Å²) in [5.41, 5.74) is -0.952. The van der Waals surface area contributed by atoms with E-state index in [1.807, 2.05) is 0 Å². The standard InChI is InChI=1S/C6H2BrClF3NO2S/c7-5-4(6(10)11)2(15(8,13)14)1-3(9)12-5/h1,6H. The fourth-order valence-corrected chi connectivity index (χ4v) is 2.63. The number of nitrogens with zero attached hydrogens (tertiary/aromatic N) is 1. The van der Waals surface area contributed by atoms with Gasteiger partial charge >= 0.3 is 0 Å². The molecule has 1 rings (SSSR count). The van der Waals surface area contributed by atoms with Crippen LogP contribution in [0.4, 0.5) is 13.2 Å². The Morgan fingerprint density at radius 3 is 2.40 bits per heavy atom. The van der Waals surface area contributed by atoms with Gasteiger partial charge in [0, 0.05) is 16.7 Å². The van der Waals surface area contributed by atoms with Gasteiger partial charge in [0.1, 0.15) is 4.60 Å². The van der Waals surface area contributed by atoms with Crippen molar-refractivity contribution in [3.05, 3.63) is 22.2 Å². The molecular formula is C6H2BrClF3NO2S. The largest absolute Gasteiger partial charge is 0.267 e. The van der Waals surface area contributed by atoms with Crippen molar-refractivity contribution in [2.24, 2.45) is 0 Å². The number of halogens is 5. The Kier molecular flexibility index (Phi) is 3.62. The Labute approximate surface area is 95.8 Å². The van der Waals surface area contributed by atoms with Gasteiger partial charge in [0.15, 0.2) is 0 Å². The Bertz CT molecular complexity index is 493. The molecule has 0 atom stereocenters. The van der Waals surface area contributed by atoms with Gasteiger partial charge in [-0.15, -0.1) is 0 Å². The summed E-state index contributed by atoms with van der Waals surface area (Å²) in [4.78, 5) is 2.03. The van der Waals surface area contributed by atoms with Crippen molar-refractivity contribution in [3.8, 4) is 0 Å². The van der Waals surface area contributed by atoms with Crippen LogP contribution < -0.4 is 0 Å². The minimum Gasteiger partial charge on any atom is -0.212 e. The van der Waals surface area contributed by atoms with Gasteiger partial charge in [-0.25, -0.2) is 22.2 Å². The highest BCUT2D eigenvalue weighted by molar-refractivity contribution is 9.10. The van der Waals surface area contributed by atoms with Crippen molar-refractivity contribution in [1.82, 2.24) is 4.98 Å². The van der Waals surface area contributed by atoms with Crippen LogP contribution in [0.15, 0.2) is 15.6 Å². The molecule has 0 aromatic carbocycles. The molecule has 84 valence electrons. The van der Waals surface area contributed by atoms with Gasteiger partial charge in [0.05, 0.1) is 10.5 Å². The highest BCUT2D eigenvalue weighted by Gasteiger charge is 2.26. The number of hydrogen-bond donors (Lipinski definition) is 0. The van der Waals surface area contributed by atoms with Gasteiger partial charge in [-0.1, -0.05) is 0 Å². The average molecular weight is 325 g/mol. The molecule has 0 fully saturated rings. The molecule has 0 saturated carbocycles. The average Bonchev–Trinajstić information content (AvgIpc) is 1.99. The van der Waals surface area contributed by atoms with E-state index in [0.29, 0.717) is 6.07 Å². The Hall–Kier alpha value is -0.340. The highest BCUT2D eigenvalue weighted by Crippen LogP contribution is 2.33. The second-order valence-electron chi connectivity index (χ2n) is 2.39. The fourth-order valence-electron chi connectivity index (χ4n) is 0.873. The molecule has 15 heavy (non-hydrogen) atoms. The molecule has 1 heterocycles.